The predicted octanol–water partition coefficient (Wildman–Crippen LogP) is 1.76. The van der Waals surface area contributed by atoms with Gasteiger partial charge < -0.3 is 4.90 Å². The number of amides is 1. The summed E-state index contributed by atoms with van der Waals surface area (Å²) < 4.78 is 24.9. The number of nitrogens with zero attached hydrogens (tertiary/aromatic N) is 1. The van der Waals surface area contributed by atoms with Gasteiger partial charge >= 0.3 is 0 Å². The molecule has 0 aromatic rings. The number of hydrogen-bond acceptors (Lipinski definition) is 1. The number of halogens is 2. The van der Waals surface area contributed by atoms with Crippen molar-refractivity contribution in [3.8, 4) is 0 Å². The van der Waals surface area contributed by atoms with Crippen LogP contribution in [0, 0.1) is 11.3 Å². The highest BCUT2D eigenvalue weighted by Gasteiger charge is 2.43. The van der Waals surface area contributed by atoms with E-state index in [1.807, 2.05) is 6.92 Å². The second-order valence-electron chi connectivity index (χ2n) is 4.34. The van der Waals surface area contributed by atoms with Crippen molar-refractivity contribution >= 4 is 5.91 Å². The molecule has 1 aliphatic rings. The molecule has 1 aliphatic heterocycles. The van der Waals surface area contributed by atoms with E-state index in [0.29, 0.717) is 19.0 Å². The minimum atomic E-state index is -2.59. The topological polar surface area (TPSA) is 20.3 Å². The van der Waals surface area contributed by atoms with Gasteiger partial charge in [0.1, 0.15) is 5.41 Å². The van der Waals surface area contributed by atoms with Gasteiger partial charge in [-0.3, -0.25) is 4.79 Å². The van der Waals surface area contributed by atoms with Crippen LogP contribution < -0.4 is 0 Å². The van der Waals surface area contributed by atoms with Crippen molar-refractivity contribution in [3.63, 3.8) is 0 Å². The van der Waals surface area contributed by atoms with Crippen molar-refractivity contribution < 1.29 is 13.6 Å². The highest BCUT2D eigenvalue weighted by molar-refractivity contribution is 5.83. The van der Waals surface area contributed by atoms with E-state index in [-0.39, 0.29) is 0 Å². The summed E-state index contributed by atoms with van der Waals surface area (Å²) in [7, 11) is 0. The zero-order valence-electron chi connectivity index (χ0n) is 8.18. The standard InChI is InChI=1S/C9H15F2NO/c1-6-4-12(5-6)8(13)9(2,3)7(10)11/h6-7H,4-5H2,1-3H3. The first-order chi connectivity index (χ1) is 5.85. The van der Waals surface area contributed by atoms with Gasteiger partial charge in [0.05, 0.1) is 0 Å². The van der Waals surface area contributed by atoms with Crippen LogP contribution in [-0.4, -0.2) is 30.3 Å². The van der Waals surface area contributed by atoms with Crippen molar-refractivity contribution in [2.75, 3.05) is 13.1 Å². The van der Waals surface area contributed by atoms with E-state index in [1.165, 1.54) is 18.7 Å². The Bertz CT molecular complexity index is 210. The zero-order valence-corrected chi connectivity index (χ0v) is 8.18. The molecule has 0 N–H and O–H groups in total. The highest BCUT2D eigenvalue weighted by Crippen LogP contribution is 2.30. The van der Waals surface area contributed by atoms with E-state index in [2.05, 4.69) is 0 Å². The van der Waals surface area contributed by atoms with E-state index < -0.39 is 17.7 Å². The SMILES string of the molecule is CC1CN(C(=O)C(C)(C)C(F)F)C1. The lowest BCUT2D eigenvalue weighted by Crippen LogP contribution is -2.54. The van der Waals surface area contributed by atoms with E-state index in [0.717, 1.165) is 0 Å². The van der Waals surface area contributed by atoms with E-state index in [4.69, 9.17) is 0 Å². The molecule has 0 aromatic carbocycles. The van der Waals surface area contributed by atoms with Crippen LogP contribution in [0.3, 0.4) is 0 Å². The Morgan fingerprint density at radius 2 is 1.92 bits per heavy atom. The van der Waals surface area contributed by atoms with Crippen LogP contribution in [0.5, 0.6) is 0 Å². The summed E-state index contributed by atoms with van der Waals surface area (Å²) in [6, 6.07) is 0. The van der Waals surface area contributed by atoms with Crippen molar-refractivity contribution in [2.24, 2.45) is 11.3 Å². The van der Waals surface area contributed by atoms with E-state index in [9.17, 15) is 13.6 Å². The number of carbonyl (C=O) groups is 1. The molecule has 0 aromatic heterocycles. The molecule has 1 fully saturated rings. The van der Waals surface area contributed by atoms with Gasteiger partial charge in [-0.05, 0) is 19.8 Å². The van der Waals surface area contributed by atoms with E-state index >= 15 is 0 Å². The lowest BCUT2D eigenvalue weighted by atomic mass is 9.89. The molecule has 1 heterocycles. The number of carbonyl (C=O) groups excluding carboxylic acids is 1. The summed E-state index contributed by atoms with van der Waals surface area (Å²) >= 11 is 0. The first-order valence-corrected chi connectivity index (χ1v) is 4.43. The first kappa shape index (κ1) is 10.4. The summed E-state index contributed by atoms with van der Waals surface area (Å²) in [5.74, 6) is 0.0259. The van der Waals surface area contributed by atoms with Crippen LogP contribution >= 0.6 is 0 Å². The molecular formula is C9H15F2NO. The van der Waals surface area contributed by atoms with Gasteiger partial charge in [-0.25, -0.2) is 8.78 Å². The Balaban J connectivity index is 2.57. The summed E-state index contributed by atoms with van der Waals surface area (Å²) in [6.07, 6.45) is -2.59. The third-order valence-corrected chi connectivity index (χ3v) is 2.45. The maximum atomic E-state index is 12.4. The molecule has 76 valence electrons. The molecule has 0 radical (unpaired) electrons. The summed E-state index contributed by atoms with van der Waals surface area (Å²) in [4.78, 5) is 13.0. The molecule has 1 rings (SSSR count). The van der Waals surface area contributed by atoms with Crippen molar-refractivity contribution in [3.05, 3.63) is 0 Å². The van der Waals surface area contributed by atoms with Gasteiger partial charge in [0.2, 0.25) is 5.91 Å². The third-order valence-electron chi connectivity index (χ3n) is 2.45. The van der Waals surface area contributed by atoms with Gasteiger partial charge in [-0.1, -0.05) is 6.92 Å². The van der Waals surface area contributed by atoms with Crippen LogP contribution in [0.15, 0.2) is 0 Å². The Hall–Kier alpha value is -0.670. The normalized spacial score (nSPS) is 19.1. The summed E-state index contributed by atoms with van der Waals surface area (Å²) in [5, 5.41) is 0. The van der Waals surface area contributed by atoms with E-state index in [1.54, 1.807) is 0 Å². The number of alkyl halides is 2. The molecule has 0 spiro atoms. The number of rotatable bonds is 2. The number of hydrogen-bond donors (Lipinski definition) is 0. The number of likely N-dealkylation sites (tertiary alicyclic amines) is 1. The summed E-state index contributed by atoms with van der Waals surface area (Å²) in [6.45, 7) is 5.83. The fraction of sp³-hybridized carbons (Fsp3) is 0.889. The molecule has 0 aliphatic carbocycles. The Morgan fingerprint density at radius 1 is 1.46 bits per heavy atom. The van der Waals surface area contributed by atoms with Gasteiger partial charge in [-0.15, -0.1) is 0 Å². The van der Waals surface area contributed by atoms with Gasteiger partial charge in [0, 0.05) is 13.1 Å². The fourth-order valence-electron chi connectivity index (χ4n) is 1.37. The van der Waals surface area contributed by atoms with Crippen LogP contribution in [0.25, 0.3) is 0 Å². The Morgan fingerprint density at radius 3 is 2.23 bits per heavy atom. The lowest BCUT2D eigenvalue weighted by molar-refractivity contribution is -0.155. The lowest BCUT2D eigenvalue weighted by Gasteiger charge is -2.41. The highest BCUT2D eigenvalue weighted by atomic mass is 19.3. The van der Waals surface area contributed by atoms with Gasteiger partial charge in [-0.2, -0.15) is 0 Å². The first-order valence-electron chi connectivity index (χ1n) is 4.43. The third kappa shape index (κ3) is 1.81. The maximum absolute atomic E-state index is 12.4. The predicted molar refractivity (Wildman–Crippen MR) is 45.5 cm³/mol. The monoisotopic (exact) mass is 191 g/mol. The van der Waals surface area contributed by atoms with Crippen molar-refractivity contribution in [2.45, 2.75) is 27.2 Å². The van der Waals surface area contributed by atoms with Crippen LogP contribution in [0.2, 0.25) is 0 Å². The van der Waals surface area contributed by atoms with Crippen LogP contribution in [-0.2, 0) is 4.79 Å². The largest absolute Gasteiger partial charge is 0.341 e. The minimum Gasteiger partial charge on any atom is -0.341 e. The molecule has 1 saturated heterocycles. The van der Waals surface area contributed by atoms with Crippen LogP contribution in [0.1, 0.15) is 20.8 Å². The second-order valence-corrected chi connectivity index (χ2v) is 4.34. The smallest absolute Gasteiger partial charge is 0.252 e. The summed E-state index contributed by atoms with van der Waals surface area (Å²) in [5.41, 5.74) is -1.53. The average molecular weight is 191 g/mol. The molecule has 1 amide bonds. The quantitative estimate of drug-likeness (QED) is 0.651. The Labute approximate surface area is 76.9 Å². The molecule has 0 atom stereocenters. The maximum Gasteiger partial charge on any atom is 0.252 e. The van der Waals surface area contributed by atoms with Gasteiger partial charge in [0.15, 0.2) is 0 Å². The fourth-order valence-corrected chi connectivity index (χ4v) is 1.37. The molecule has 4 heteroatoms. The van der Waals surface area contributed by atoms with Gasteiger partial charge in [0.25, 0.3) is 6.43 Å². The zero-order chi connectivity index (χ0) is 10.2. The van der Waals surface area contributed by atoms with Crippen LogP contribution in [0.4, 0.5) is 8.78 Å². The molecule has 2 nitrogen and oxygen atoms in total. The molecular weight excluding hydrogens is 176 g/mol. The minimum absolute atomic E-state index is 0.430. The van der Waals surface area contributed by atoms with Crippen molar-refractivity contribution in [1.29, 1.82) is 0 Å². The molecule has 0 bridgehead atoms. The second kappa shape index (κ2) is 3.24. The molecule has 0 saturated carbocycles. The average Bonchev–Trinajstić information content (AvgIpc) is 1.97. The molecule has 13 heavy (non-hydrogen) atoms. The van der Waals surface area contributed by atoms with Crippen molar-refractivity contribution in [1.82, 2.24) is 4.90 Å². The molecule has 0 unspecified atom stereocenters. The Kier molecular flexibility index (Phi) is 2.59.